The Morgan fingerprint density at radius 2 is 0.821 bits per heavy atom. The molecular weight excluding hydrogens is 691 g/mol. The molecule has 0 aliphatic heterocycles. The van der Waals surface area contributed by atoms with Crippen LogP contribution in [0.4, 0.5) is 0 Å². The number of aliphatic hydroxyl groups excluding tert-OH is 2. The quantitative estimate of drug-likeness (QED) is 0.101. The van der Waals surface area contributed by atoms with E-state index in [-0.39, 0.29) is 114 Å². The maximum Gasteiger partial charge on any atom is 1.00 e. The minimum absolute atomic E-state index is 0. The normalized spacial score (nSPS) is 12.1. The predicted molar refractivity (Wildman–Crippen MR) is 129 cm³/mol. The summed E-state index contributed by atoms with van der Waals surface area (Å²) >= 11 is 1.23. The van der Waals surface area contributed by atoms with Crippen LogP contribution in [0.2, 0.25) is 0 Å². The standard InChI is InChI=1S/2C7H11NO5S3.2Na.H2O4S/c2*8-16(12,13)7-3-2-6(14-7)15(10,11)5-1-4-9;;;1-5(2,3)4/h2*2-3,9H,1,4-5H2,(H2,8,12,13);;;(H2,1,2,3,4)/q;;2*+1;/p-2. The Kier molecular flexibility index (Phi) is 21.1. The summed E-state index contributed by atoms with van der Waals surface area (Å²) in [5.41, 5.74) is 0. The zero-order valence-electron chi connectivity index (χ0n) is 20.4. The number of nitrogens with two attached hydrogens (primary N) is 2. The van der Waals surface area contributed by atoms with Gasteiger partial charge in [0.2, 0.25) is 20.0 Å². The van der Waals surface area contributed by atoms with Gasteiger partial charge in [0.15, 0.2) is 19.7 Å². The number of sulfone groups is 2. The summed E-state index contributed by atoms with van der Waals surface area (Å²) in [5, 5.41) is 26.8. The summed E-state index contributed by atoms with van der Waals surface area (Å²) in [6.07, 6.45) is 0.232. The zero-order valence-corrected chi connectivity index (χ0v) is 30.1. The molecule has 2 aromatic heterocycles. The van der Waals surface area contributed by atoms with Crippen LogP contribution >= 0.6 is 22.7 Å². The zero-order chi connectivity index (χ0) is 29.3. The fraction of sp³-hybridized carbons (Fsp3) is 0.429. The molecule has 0 radical (unpaired) electrons. The van der Waals surface area contributed by atoms with Crippen molar-refractivity contribution in [2.75, 3.05) is 24.7 Å². The Morgan fingerprint density at radius 1 is 0.590 bits per heavy atom. The Morgan fingerprint density at radius 3 is 1.00 bits per heavy atom. The molecule has 0 spiro atoms. The molecular formula is C14H22N2Na2O14S7. The van der Waals surface area contributed by atoms with E-state index < -0.39 is 50.1 Å². The second-order valence-electron chi connectivity index (χ2n) is 6.44. The topological polar surface area (TPSA) is 309 Å². The molecule has 0 aromatic carbocycles. The van der Waals surface area contributed by atoms with Gasteiger partial charge in [0, 0.05) is 23.6 Å². The Hall–Kier alpha value is 0.910. The van der Waals surface area contributed by atoms with Crippen molar-refractivity contribution in [1.29, 1.82) is 0 Å². The average molecular weight is 713 g/mol. The molecule has 0 fully saturated rings. The fourth-order valence-corrected chi connectivity index (χ4v) is 9.22. The number of sulfonamides is 2. The second kappa shape index (κ2) is 18.5. The first-order chi connectivity index (χ1) is 16.5. The first-order valence-corrected chi connectivity index (χ1v) is 18.5. The third kappa shape index (κ3) is 18.9. The van der Waals surface area contributed by atoms with Crippen LogP contribution in [0.5, 0.6) is 0 Å². The van der Waals surface area contributed by atoms with Gasteiger partial charge in [-0.2, -0.15) is 0 Å². The number of aliphatic hydroxyl groups is 2. The number of hydrogen-bond donors (Lipinski definition) is 4. The molecule has 25 heteroatoms. The second-order valence-corrected chi connectivity index (χ2v) is 17.7. The summed E-state index contributed by atoms with van der Waals surface area (Å²) in [4.78, 5) is 0. The van der Waals surface area contributed by atoms with Crippen molar-refractivity contribution in [3.63, 3.8) is 0 Å². The maximum atomic E-state index is 11.6. The Labute approximate surface area is 278 Å². The molecule has 0 saturated heterocycles. The van der Waals surface area contributed by atoms with Crippen molar-refractivity contribution in [2.45, 2.75) is 29.7 Å². The van der Waals surface area contributed by atoms with E-state index in [1.54, 1.807) is 0 Å². The average Bonchev–Trinajstić information content (AvgIpc) is 3.40. The SMILES string of the molecule is NS(=O)(=O)c1ccc(S(=O)(=O)CCCO)s1.NS(=O)(=O)c1ccc(S(=O)(=O)CCCO)s1.O=S(=O)([O-])[O-].[Na+].[Na+]. The van der Waals surface area contributed by atoms with E-state index in [2.05, 4.69) is 0 Å². The molecule has 0 aliphatic rings. The van der Waals surface area contributed by atoms with Crippen molar-refractivity contribution >= 4 is 72.8 Å². The Bertz CT molecular complexity index is 1450. The van der Waals surface area contributed by atoms with Crippen molar-refractivity contribution in [1.82, 2.24) is 0 Å². The first kappa shape index (κ1) is 44.4. The number of thiophene rings is 2. The van der Waals surface area contributed by atoms with Gasteiger partial charge in [-0.25, -0.2) is 43.9 Å². The van der Waals surface area contributed by atoms with Gasteiger partial charge in [-0.3, -0.25) is 8.42 Å². The van der Waals surface area contributed by atoms with E-state index in [1.807, 2.05) is 0 Å². The van der Waals surface area contributed by atoms with Crippen LogP contribution in [0.15, 0.2) is 41.1 Å². The minimum Gasteiger partial charge on any atom is -0.759 e. The van der Waals surface area contributed by atoms with Gasteiger partial charge in [0.1, 0.15) is 16.8 Å². The number of primary sulfonamides is 2. The summed E-state index contributed by atoms with van der Waals surface area (Å²) in [6, 6.07) is 4.73. The molecule has 0 saturated carbocycles. The van der Waals surface area contributed by atoms with Gasteiger partial charge < -0.3 is 19.3 Å². The van der Waals surface area contributed by atoms with Gasteiger partial charge in [-0.05, 0) is 37.1 Å². The van der Waals surface area contributed by atoms with Crippen LogP contribution in [0, 0.1) is 0 Å². The van der Waals surface area contributed by atoms with Crippen LogP contribution in [0.25, 0.3) is 0 Å². The van der Waals surface area contributed by atoms with Crippen LogP contribution in [0.1, 0.15) is 12.8 Å². The van der Waals surface area contributed by atoms with Gasteiger partial charge in [-0.1, -0.05) is 0 Å². The molecule has 16 nitrogen and oxygen atoms in total. The molecule has 0 unspecified atom stereocenters. The molecule has 0 bridgehead atoms. The fourth-order valence-electron chi connectivity index (χ4n) is 1.96. The number of hydrogen-bond acceptors (Lipinski definition) is 16. The van der Waals surface area contributed by atoms with E-state index in [1.165, 1.54) is 12.1 Å². The monoisotopic (exact) mass is 712 g/mol. The van der Waals surface area contributed by atoms with E-state index in [4.69, 9.17) is 38.0 Å². The molecule has 6 N–H and O–H groups in total. The third-order valence-corrected chi connectivity index (χ3v) is 13.2. The van der Waals surface area contributed by atoms with Crippen LogP contribution in [-0.4, -0.2) is 86.1 Å². The van der Waals surface area contributed by atoms with Crippen molar-refractivity contribution in [2.24, 2.45) is 10.3 Å². The van der Waals surface area contributed by atoms with Gasteiger partial charge in [0.05, 0.1) is 11.5 Å². The summed E-state index contributed by atoms with van der Waals surface area (Å²) in [7, 11) is -19.9. The maximum absolute atomic E-state index is 11.6. The van der Waals surface area contributed by atoms with E-state index in [0.29, 0.717) is 22.7 Å². The largest absolute Gasteiger partial charge is 1.00 e. The summed E-state index contributed by atoms with van der Waals surface area (Å²) in [5.74, 6) is -0.428. The smallest absolute Gasteiger partial charge is 0.759 e. The molecule has 39 heavy (non-hydrogen) atoms. The number of rotatable bonds is 10. The van der Waals surface area contributed by atoms with Crippen LogP contribution in [0.3, 0.4) is 0 Å². The van der Waals surface area contributed by atoms with Crippen LogP contribution in [-0.2, 0) is 50.1 Å². The molecule has 2 rings (SSSR count). The molecule has 0 atom stereocenters. The molecule has 216 valence electrons. The van der Waals surface area contributed by atoms with Gasteiger partial charge in [0.25, 0.3) is 0 Å². The van der Waals surface area contributed by atoms with Crippen molar-refractivity contribution in [3.05, 3.63) is 24.3 Å². The summed E-state index contributed by atoms with van der Waals surface area (Å²) < 4.78 is 124. The Balaban J connectivity index is -0.000000543. The summed E-state index contributed by atoms with van der Waals surface area (Å²) in [6.45, 7) is -0.459. The first-order valence-electron chi connectivity index (χ1n) is 9.14. The van der Waals surface area contributed by atoms with Gasteiger partial charge >= 0.3 is 59.1 Å². The van der Waals surface area contributed by atoms with Crippen molar-refractivity contribution in [3.8, 4) is 0 Å². The van der Waals surface area contributed by atoms with E-state index >= 15 is 0 Å². The van der Waals surface area contributed by atoms with E-state index in [9.17, 15) is 33.7 Å². The molecule has 2 heterocycles. The molecule has 0 aliphatic carbocycles. The third-order valence-electron chi connectivity index (χ3n) is 3.43. The van der Waals surface area contributed by atoms with Gasteiger partial charge in [-0.15, -0.1) is 22.7 Å². The molecule has 0 amide bonds. The molecule has 2 aromatic rings. The van der Waals surface area contributed by atoms with Crippen molar-refractivity contribution < 1.29 is 121 Å². The van der Waals surface area contributed by atoms with E-state index in [0.717, 1.165) is 12.1 Å². The van der Waals surface area contributed by atoms with Crippen LogP contribution < -0.4 is 69.4 Å². The minimum atomic E-state index is -5.17. The predicted octanol–water partition coefficient (Wildman–Crippen LogP) is -8.23.